The first-order valence-electron chi connectivity index (χ1n) is 8.51. The van der Waals surface area contributed by atoms with E-state index in [2.05, 4.69) is 5.32 Å². The molecule has 1 amide bonds. The van der Waals surface area contributed by atoms with E-state index in [1.165, 1.54) is 8.61 Å². The number of amides is 1. The Hall–Kier alpha value is -2.62. The van der Waals surface area contributed by atoms with Crippen LogP contribution in [0.1, 0.15) is 5.56 Å². The number of rotatable bonds is 5. The molecule has 2 aliphatic rings. The minimum Gasteiger partial charge on any atom is -0.454 e. The maximum atomic E-state index is 12.7. The summed E-state index contributed by atoms with van der Waals surface area (Å²) >= 11 is 0. The molecular formula is C18H19N3O5S. The van der Waals surface area contributed by atoms with E-state index in [0.717, 1.165) is 5.56 Å². The summed E-state index contributed by atoms with van der Waals surface area (Å²) in [5.74, 6) is 0.765. The topological polar surface area (TPSA) is 88.2 Å². The van der Waals surface area contributed by atoms with E-state index >= 15 is 0 Å². The van der Waals surface area contributed by atoms with Crippen LogP contribution in [0.4, 0.5) is 5.69 Å². The maximum Gasteiger partial charge on any atom is 0.282 e. The molecule has 0 atom stereocenters. The minimum atomic E-state index is -3.66. The van der Waals surface area contributed by atoms with Gasteiger partial charge in [0, 0.05) is 31.4 Å². The second-order valence-corrected chi connectivity index (χ2v) is 8.21. The van der Waals surface area contributed by atoms with Gasteiger partial charge in [-0.05, 0) is 17.7 Å². The molecule has 0 aromatic heterocycles. The number of carbonyl (C=O) groups is 1. The Morgan fingerprint density at radius 2 is 1.74 bits per heavy atom. The van der Waals surface area contributed by atoms with E-state index in [1.807, 2.05) is 30.3 Å². The molecule has 0 unspecified atom stereocenters. The summed E-state index contributed by atoms with van der Waals surface area (Å²) in [6.07, 6.45) is 0. The molecule has 0 aliphatic carbocycles. The number of carbonyl (C=O) groups excluding carboxylic acids is 1. The van der Waals surface area contributed by atoms with Crippen LogP contribution in [0.5, 0.6) is 11.5 Å². The number of hydrogen-bond acceptors (Lipinski definition) is 5. The van der Waals surface area contributed by atoms with E-state index in [-0.39, 0.29) is 19.9 Å². The van der Waals surface area contributed by atoms with Crippen molar-refractivity contribution in [2.75, 3.05) is 31.7 Å². The summed E-state index contributed by atoms with van der Waals surface area (Å²) < 4.78 is 38.4. The van der Waals surface area contributed by atoms with Gasteiger partial charge in [0.1, 0.15) is 0 Å². The van der Waals surface area contributed by atoms with Crippen molar-refractivity contribution >= 4 is 21.8 Å². The van der Waals surface area contributed by atoms with Gasteiger partial charge in [0.15, 0.2) is 11.5 Å². The first-order valence-corrected chi connectivity index (χ1v) is 9.91. The lowest BCUT2D eigenvalue weighted by Crippen LogP contribution is -2.37. The van der Waals surface area contributed by atoms with Crippen LogP contribution in [0, 0.1) is 0 Å². The van der Waals surface area contributed by atoms with Crippen molar-refractivity contribution in [3.8, 4) is 11.5 Å². The predicted molar refractivity (Wildman–Crippen MR) is 98.5 cm³/mol. The van der Waals surface area contributed by atoms with Crippen LogP contribution in [-0.2, 0) is 21.5 Å². The van der Waals surface area contributed by atoms with Crippen LogP contribution >= 0.6 is 0 Å². The van der Waals surface area contributed by atoms with Crippen molar-refractivity contribution in [1.82, 2.24) is 8.61 Å². The van der Waals surface area contributed by atoms with Gasteiger partial charge in [-0.1, -0.05) is 30.3 Å². The van der Waals surface area contributed by atoms with Gasteiger partial charge in [0.25, 0.3) is 10.2 Å². The molecule has 0 spiro atoms. The van der Waals surface area contributed by atoms with Crippen LogP contribution in [0.25, 0.3) is 0 Å². The SMILES string of the molecule is O=C(CN1CCN(Cc2ccccc2)S1(=O)=O)Nc1ccc2c(c1)OCO2. The fraction of sp³-hybridized carbons (Fsp3) is 0.278. The van der Waals surface area contributed by atoms with Gasteiger partial charge in [-0.15, -0.1) is 0 Å². The van der Waals surface area contributed by atoms with Crippen molar-refractivity contribution in [2.24, 2.45) is 0 Å². The molecule has 1 N–H and O–H groups in total. The lowest BCUT2D eigenvalue weighted by atomic mass is 10.2. The standard InChI is InChI=1S/C18H19N3O5S/c22-18(19-15-6-7-16-17(10-15)26-13-25-16)12-21-9-8-20(27(21,23)24)11-14-4-2-1-3-5-14/h1-7,10H,8-9,11-13H2,(H,19,22). The second kappa shape index (κ2) is 7.18. The molecule has 4 rings (SSSR count). The number of ether oxygens (including phenoxy) is 2. The molecule has 1 fully saturated rings. The molecule has 8 nitrogen and oxygen atoms in total. The number of nitrogens with zero attached hydrogens (tertiary/aromatic N) is 2. The molecule has 2 aliphatic heterocycles. The van der Waals surface area contributed by atoms with Crippen LogP contribution in [0.15, 0.2) is 48.5 Å². The second-order valence-electron chi connectivity index (χ2n) is 6.28. The van der Waals surface area contributed by atoms with Gasteiger partial charge < -0.3 is 14.8 Å². The van der Waals surface area contributed by atoms with Crippen LogP contribution in [0.2, 0.25) is 0 Å². The average Bonchev–Trinajstić information content (AvgIpc) is 3.21. The summed E-state index contributed by atoms with van der Waals surface area (Å²) in [6.45, 7) is 0.847. The normalized spacial score (nSPS) is 18.5. The Bertz CT molecular complexity index is 949. The largest absolute Gasteiger partial charge is 0.454 e. The first kappa shape index (κ1) is 17.8. The highest BCUT2D eigenvalue weighted by molar-refractivity contribution is 7.87. The summed E-state index contributed by atoms with van der Waals surface area (Å²) in [5.41, 5.74) is 1.44. The van der Waals surface area contributed by atoms with Crippen LogP contribution in [-0.4, -0.2) is 49.4 Å². The van der Waals surface area contributed by atoms with E-state index in [1.54, 1.807) is 18.2 Å². The summed E-state index contributed by atoms with van der Waals surface area (Å²) in [4.78, 5) is 12.3. The number of nitrogens with one attached hydrogen (secondary N) is 1. The highest BCUT2D eigenvalue weighted by Gasteiger charge is 2.37. The van der Waals surface area contributed by atoms with Crippen molar-refractivity contribution < 1.29 is 22.7 Å². The molecule has 9 heteroatoms. The van der Waals surface area contributed by atoms with Crippen LogP contribution < -0.4 is 14.8 Å². The van der Waals surface area contributed by atoms with Crippen molar-refractivity contribution in [2.45, 2.75) is 6.54 Å². The van der Waals surface area contributed by atoms with Crippen molar-refractivity contribution in [3.05, 3.63) is 54.1 Å². The Kier molecular flexibility index (Phi) is 4.73. The highest BCUT2D eigenvalue weighted by atomic mass is 32.2. The third-order valence-electron chi connectivity index (χ3n) is 4.43. The average molecular weight is 389 g/mol. The molecule has 1 saturated heterocycles. The predicted octanol–water partition coefficient (Wildman–Crippen LogP) is 1.42. The molecule has 2 aromatic carbocycles. The lowest BCUT2D eigenvalue weighted by molar-refractivity contribution is -0.116. The third kappa shape index (κ3) is 3.75. The van der Waals surface area contributed by atoms with Gasteiger partial charge in [-0.3, -0.25) is 4.79 Å². The maximum absolute atomic E-state index is 12.7. The zero-order valence-electron chi connectivity index (χ0n) is 14.5. The van der Waals surface area contributed by atoms with E-state index < -0.39 is 16.1 Å². The van der Waals surface area contributed by atoms with Crippen molar-refractivity contribution in [3.63, 3.8) is 0 Å². The number of fused-ring (bicyclic) bond motifs is 1. The molecule has 27 heavy (non-hydrogen) atoms. The van der Waals surface area contributed by atoms with Gasteiger partial charge in [0.2, 0.25) is 12.7 Å². The molecule has 142 valence electrons. The molecule has 2 aromatic rings. The Labute approximate surface area is 157 Å². The zero-order valence-corrected chi connectivity index (χ0v) is 15.3. The summed E-state index contributed by atoms with van der Waals surface area (Å²) in [7, 11) is -3.66. The minimum absolute atomic E-state index is 0.149. The number of anilines is 1. The first-order chi connectivity index (χ1) is 13.0. The monoisotopic (exact) mass is 389 g/mol. The number of benzene rings is 2. The molecule has 2 heterocycles. The van der Waals surface area contributed by atoms with Gasteiger partial charge in [0.05, 0.1) is 6.54 Å². The quantitative estimate of drug-likeness (QED) is 0.836. The third-order valence-corrected chi connectivity index (χ3v) is 6.36. The molecular weight excluding hydrogens is 370 g/mol. The smallest absolute Gasteiger partial charge is 0.282 e. The fourth-order valence-corrected chi connectivity index (χ4v) is 4.60. The highest BCUT2D eigenvalue weighted by Crippen LogP contribution is 2.34. The summed E-state index contributed by atoms with van der Waals surface area (Å²) in [5, 5.41) is 2.70. The Balaban J connectivity index is 1.38. The van der Waals surface area contributed by atoms with E-state index in [9.17, 15) is 13.2 Å². The summed E-state index contributed by atoms with van der Waals surface area (Å²) in [6, 6.07) is 14.4. The zero-order chi connectivity index (χ0) is 18.9. The lowest BCUT2D eigenvalue weighted by Gasteiger charge is -2.18. The van der Waals surface area contributed by atoms with Gasteiger partial charge in [-0.25, -0.2) is 0 Å². The van der Waals surface area contributed by atoms with Gasteiger partial charge in [-0.2, -0.15) is 17.0 Å². The molecule has 0 saturated carbocycles. The van der Waals surface area contributed by atoms with E-state index in [4.69, 9.17) is 9.47 Å². The molecule has 0 radical (unpaired) electrons. The van der Waals surface area contributed by atoms with Crippen molar-refractivity contribution in [1.29, 1.82) is 0 Å². The Morgan fingerprint density at radius 3 is 2.56 bits per heavy atom. The van der Waals surface area contributed by atoms with Gasteiger partial charge >= 0.3 is 0 Å². The Morgan fingerprint density at radius 1 is 1.00 bits per heavy atom. The van der Waals surface area contributed by atoms with E-state index in [0.29, 0.717) is 30.3 Å². The number of hydrogen-bond donors (Lipinski definition) is 1. The fourth-order valence-electron chi connectivity index (χ4n) is 3.06. The molecule has 0 bridgehead atoms. The van der Waals surface area contributed by atoms with Crippen LogP contribution in [0.3, 0.4) is 0 Å².